The van der Waals surface area contributed by atoms with Gasteiger partial charge in [0, 0.05) is 6.04 Å². The predicted molar refractivity (Wildman–Crippen MR) is 67.5 cm³/mol. The number of hydrogen-bond acceptors (Lipinski definition) is 4. The Hall–Kier alpha value is -1.83. The van der Waals surface area contributed by atoms with Crippen molar-refractivity contribution in [1.29, 1.82) is 0 Å². The van der Waals surface area contributed by atoms with E-state index in [0.29, 0.717) is 0 Å². The van der Waals surface area contributed by atoms with Crippen LogP contribution in [-0.4, -0.2) is 72.1 Å². The second kappa shape index (κ2) is 6.93. The van der Waals surface area contributed by atoms with E-state index in [0.717, 1.165) is 30.8 Å². The maximum Gasteiger partial charge on any atom is 0.323 e. The summed E-state index contributed by atoms with van der Waals surface area (Å²) < 4.78 is 0. The summed E-state index contributed by atoms with van der Waals surface area (Å²) >= 11 is 0. The monoisotopic (exact) mass is 272 g/mol. The van der Waals surface area contributed by atoms with Gasteiger partial charge in [-0.1, -0.05) is 0 Å². The molecule has 4 N–H and O–H groups in total. The topological polar surface area (TPSA) is 116 Å². The minimum Gasteiger partial charge on any atom is -0.480 e. The van der Waals surface area contributed by atoms with Crippen molar-refractivity contribution in [3.8, 4) is 0 Å². The normalized spacial score (nSPS) is 16.9. The van der Waals surface area contributed by atoms with Gasteiger partial charge in [0.2, 0.25) is 5.91 Å². The fourth-order valence-electron chi connectivity index (χ4n) is 1.97. The fourth-order valence-corrected chi connectivity index (χ4v) is 1.97. The lowest BCUT2D eigenvalue weighted by Crippen LogP contribution is -2.51. The number of carbonyl (C=O) groups excluding carboxylic acids is 2. The summed E-state index contributed by atoms with van der Waals surface area (Å²) in [7, 11) is 2.00. The first-order valence-corrected chi connectivity index (χ1v) is 6.12. The number of amides is 3. The van der Waals surface area contributed by atoms with Crippen molar-refractivity contribution in [3.63, 3.8) is 0 Å². The highest BCUT2D eigenvalue weighted by Gasteiger charge is 2.23. The van der Waals surface area contributed by atoms with E-state index in [1.807, 2.05) is 7.05 Å². The van der Waals surface area contributed by atoms with Crippen molar-refractivity contribution in [2.24, 2.45) is 5.73 Å². The zero-order chi connectivity index (χ0) is 14.4. The Morgan fingerprint density at radius 2 is 1.89 bits per heavy atom. The van der Waals surface area contributed by atoms with Crippen molar-refractivity contribution in [2.45, 2.75) is 18.9 Å². The molecule has 0 bridgehead atoms. The molecule has 0 aromatic heterocycles. The lowest BCUT2D eigenvalue weighted by Gasteiger charge is -2.31. The summed E-state index contributed by atoms with van der Waals surface area (Å²) in [6, 6.07) is -0.552. The standard InChI is InChI=1S/C11H20N4O4/c1-14-4-2-8(3-5-14)13-11(19)15(6-9(12)16)7-10(17)18/h8H,2-7H2,1H3,(H2,12,16)(H,13,19)(H,17,18). The molecule has 0 atom stereocenters. The molecule has 1 aliphatic rings. The molecule has 0 unspecified atom stereocenters. The van der Waals surface area contributed by atoms with Crippen LogP contribution in [-0.2, 0) is 9.59 Å². The van der Waals surface area contributed by atoms with Crippen molar-refractivity contribution in [2.75, 3.05) is 33.2 Å². The number of nitrogens with zero attached hydrogens (tertiary/aromatic N) is 2. The molecule has 3 amide bonds. The van der Waals surface area contributed by atoms with Gasteiger partial charge in [0.05, 0.1) is 0 Å². The zero-order valence-corrected chi connectivity index (χ0v) is 11.0. The van der Waals surface area contributed by atoms with E-state index in [9.17, 15) is 14.4 Å². The molecule has 19 heavy (non-hydrogen) atoms. The summed E-state index contributed by atoms with van der Waals surface area (Å²) in [5.74, 6) is -1.92. The molecule has 1 aliphatic heterocycles. The van der Waals surface area contributed by atoms with Gasteiger partial charge in [-0.3, -0.25) is 9.59 Å². The van der Waals surface area contributed by atoms with Crippen LogP contribution in [0.5, 0.6) is 0 Å². The average molecular weight is 272 g/mol. The van der Waals surface area contributed by atoms with Gasteiger partial charge in [0.15, 0.2) is 0 Å². The smallest absolute Gasteiger partial charge is 0.323 e. The Morgan fingerprint density at radius 1 is 1.32 bits per heavy atom. The van der Waals surface area contributed by atoms with Gasteiger partial charge in [-0.05, 0) is 33.0 Å². The molecular formula is C11H20N4O4. The van der Waals surface area contributed by atoms with Crippen molar-refractivity contribution in [3.05, 3.63) is 0 Å². The Bertz CT molecular complexity index is 337. The van der Waals surface area contributed by atoms with Crippen LogP contribution in [0.25, 0.3) is 0 Å². The first kappa shape index (κ1) is 15.2. The zero-order valence-electron chi connectivity index (χ0n) is 11.0. The number of likely N-dealkylation sites (tertiary alicyclic amines) is 1. The number of rotatable bonds is 5. The molecule has 0 aromatic rings. The molecule has 1 fully saturated rings. The first-order valence-electron chi connectivity index (χ1n) is 6.12. The van der Waals surface area contributed by atoms with Gasteiger partial charge in [0.25, 0.3) is 0 Å². The fraction of sp³-hybridized carbons (Fsp3) is 0.727. The minimum atomic E-state index is -1.18. The number of primary amides is 1. The Balaban J connectivity index is 2.51. The minimum absolute atomic E-state index is 0.00729. The third kappa shape index (κ3) is 5.56. The van der Waals surface area contributed by atoms with E-state index in [2.05, 4.69) is 10.2 Å². The van der Waals surface area contributed by atoms with Crippen molar-refractivity contribution >= 4 is 17.9 Å². The predicted octanol–water partition coefficient (Wildman–Crippen LogP) is -1.34. The van der Waals surface area contributed by atoms with E-state index >= 15 is 0 Å². The summed E-state index contributed by atoms with van der Waals surface area (Å²) in [6.45, 7) is 0.811. The molecule has 0 aliphatic carbocycles. The number of carboxylic acids is 1. The summed E-state index contributed by atoms with van der Waals surface area (Å²) in [5, 5.41) is 11.4. The maximum atomic E-state index is 11.9. The summed E-state index contributed by atoms with van der Waals surface area (Å²) in [4.78, 5) is 36.4. The van der Waals surface area contributed by atoms with Crippen LogP contribution in [0.2, 0.25) is 0 Å². The summed E-state index contributed by atoms with van der Waals surface area (Å²) in [6.07, 6.45) is 1.61. The number of aliphatic carboxylic acids is 1. The van der Waals surface area contributed by atoms with E-state index in [4.69, 9.17) is 10.8 Å². The molecule has 108 valence electrons. The van der Waals surface area contributed by atoms with Gasteiger partial charge in [-0.2, -0.15) is 0 Å². The quantitative estimate of drug-likeness (QED) is 0.573. The lowest BCUT2D eigenvalue weighted by atomic mass is 10.1. The molecule has 8 heteroatoms. The molecule has 0 spiro atoms. The molecule has 0 radical (unpaired) electrons. The van der Waals surface area contributed by atoms with Crippen LogP contribution >= 0.6 is 0 Å². The number of piperidine rings is 1. The highest BCUT2D eigenvalue weighted by molar-refractivity contribution is 5.86. The summed E-state index contributed by atoms with van der Waals surface area (Å²) in [5.41, 5.74) is 5.00. The van der Waals surface area contributed by atoms with Gasteiger partial charge in [-0.15, -0.1) is 0 Å². The van der Waals surface area contributed by atoms with Crippen LogP contribution < -0.4 is 11.1 Å². The number of carbonyl (C=O) groups is 3. The molecule has 1 rings (SSSR count). The third-order valence-electron chi connectivity index (χ3n) is 3.01. The van der Waals surface area contributed by atoms with E-state index in [1.54, 1.807) is 0 Å². The Kier molecular flexibility index (Phi) is 5.56. The Labute approximate surface area is 111 Å². The lowest BCUT2D eigenvalue weighted by molar-refractivity contribution is -0.137. The second-order valence-corrected chi connectivity index (χ2v) is 4.74. The number of carboxylic acid groups (broad SMARTS) is 1. The van der Waals surface area contributed by atoms with Crippen LogP contribution in [0, 0.1) is 0 Å². The largest absolute Gasteiger partial charge is 0.480 e. The molecule has 0 aromatic carbocycles. The number of hydrogen-bond donors (Lipinski definition) is 3. The number of urea groups is 1. The van der Waals surface area contributed by atoms with Crippen LogP contribution in [0.1, 0.15) is 12.8 Å². The Morgan fingerprint density at radius 3 is 2.37 bits per heavy atom. The first-order chi connectivity index (χ1) is 8.88. The molecule has 1 saturated heterocycles. The van der Waals surface area contributed by atoms with Crippen LogP contribution in [0.15, 0.2) is 0 Å². The second-order valence-electron chi connectivity index (χ2n) is 4.74. The van der Waals surface area contributed by atoms with E-state index in [1.165, 1.54) is 0 Å². The third-order valence-corrected chi connectivity index (χ3v) is 3.01. The average Bonchev–Trinajstić information content (AvgIpc) is 2.30. The number of nitrogens with two attached hydrogens (primary N) is 1. The van der Waals surface area contributed by atoms with Crippen LogP contribution in [0.3, 0.4) is 0 Å². The van der Waals surface area contributed by atoms with E-state index in [-0.39, 0.29) is 6.04 Å². The molecular weight excluding hydrogens is 252 g/mol. The highest BCUT2D eigenvalue weighted by Crippen LogP contribution is 2.08. The number of nitrogens with one attached hydrogen (secondary N) is 1. The van der Waals surface area contributed by atoms with Gasteiger partial charge in [0.1, 0.15) is 13.1 Å². The highest BCUT2D eigenvalue weighted by atomic mass is 16.4. The van der Waals surface area contributed by atoms with E-state index < -0.39 is 31.0 Å². The SMILES string of the molecule is CN1CCC(NC(=O)N(CC(N)=O)CC(=O)O)CC1. The molecule has 8 nitrogen and oxygen atoms in total. The van der Waals surface area contributed by atoms with Gasteiger partial charge in [-0.25, -0.2) is 4.79 Å². The van der Waals surface area contributed by atoms with Crippen LogP contribution in [0.4, 0.5) is 4.79 Å². The molecule has 0 saturated carbocycles. The molecule has 1 heterocycles. The van der Waals surface area contributed by atoms with Gasteiger partial charge >= 0.3 is 12.0 Å². The van der Waals surface area contributed by atoms with Crippen molar-refractivity contribution in [1.82, 2.24) is 15.1 Å². The van der Waals surface area contributed by atoms with Gasteiger partial charge < -0.3 is 26.0 Å². The maximum absolute atomic E-state index is 11.9. The van der Waals surface area contributed by atoms with Crippen molar-refractivity contribution < 1.29 is 19.5 Å².